The predicted octanol–water partition coefficient (Wildman–Crippen LogP) is 2.92. The zero-order chi connectivity index (χ0) is 12.3. The molecule has 0 saturated carbocycles. The largest absolute Gasteiger partial charge is 0.459 e. The average molecular weight is 288 g/mol. The second-order valence-electron chi connectivity index (χ2n) is 3.38. The fourth-order valence-corrected chi connectivity index (χ4v) is 1.45. The van der Waals surface area contributed by atoms with Crippen LogP contribution in [0.2, 0.25) is 0 Å². The van der Waals surface area contributed by atoms with Crippen molar-refractivity contribution in [1.82, 2.24) is 0 Å². The van der Waals surface area contributed by atoms with Gasteiger partial charge in [0, 0.05) is 6.07 Å². The number of ether oxygens (including phenoxy) is 1. The molecule has 0 aromatic heterocycles. The summed E-state index contributed by atoms with van der Waals surface area (Å²) >= 11 is 3.04. The standard InChI is InChI=1S/C10H10BrNO4/c1-6(2)16-10(13)7-3-4-8(11)9(5-7)12(14)15/h3-6H,1-2H3. The van der Waals surface area contributed by atoms with Gasteiger partial charge < -0.3 is 4.74 Å². The maximum atomic E-state index is 11.5. The van der Waals surface area contributed by atoms with Crippen LogP contribution in [-0.4, -0.2) is 17.0 Å². The number of esters is 1. The summed E-state index contributed by atoms with van der Waals surface area (Å²) in [5.41, 5.74) is 0.0156. The molecule has 6 heteroatoms. The zero-order valence-corrected chi connectivity index (χ0v) is 10.4. The van der Waals surface area contributed by atoms with Crippen molar-refractivity contribution in [3.63, 3.8) is 0 Å². The van der Waals surface area contributed by atoms with Crippen molar-refractivity contribution in [2.75, 3.05) is 0 Å². The maximum absolute atomic E-state index is 11.5. The van der Waals surface area contributed by atoms with Crippen LogP contribution in [-0.2, 0) is 4.74 Å². The van der Waals surface area contributed by atoms with Crippen LogP contribution in [0, 0.1) is 10.1 Å². The summed E-state index contributed by atoms with van der Waals surface area (Å²) in [6, 6.07) is 4.12. The van der Waals surface area contributed by atoms with Gasteiger partial charge in [-0.15, -0.1) is 0 Å². The fourth-order valence-electron chi connectivity index (χ4n) is 1.06. The monoisotopic (exact) mass is 287 g/mol. The number of hydrogen-bond donors (Lipinski definition) is 0. The Labute approximate surface area is 101 Å². The Kier molecular flexibility index (Phi) is 4.00. The van der Waals surface area contributed by atoms with Crippen LogP contribution >= 0.6 is 15.9 Å². The van der Waals surface area contributed by atoms with Crippen molar-refractivity contribution >= 4 is 27.6 Å². The molecule has 0 saturated heterocycles. The molecule has 0 heterocycles. The first-order valence-corrected chi connectivity index (χ1v) is 5.36. The van der Waals surface area contributed by atoms with E-state index in [0.29, 0.717) is 4.47 Å². The molecule has 0 aliphatic carbocycles. The molecule has 1 aromatic rings. The molecule has 1 aromatic carbocycles. The predicted molar refractivity (Wildman–Crippen MR) is 61.3 cm³/mol. The van der Waals surface area contributed by atoms with E-state index in [1.165, 1.54) is 18.2 Å². The molecule has 0 radical (unpaired) electrons. The number of carbonyl (C=O) groups excluding carboxylic acids is 1. The Morgan fingerprint density at radius 1 is 1.50 bits per heavy atom. The lowest BCUT2D eigenvalue weighted by atomic mass is 10.2. The van der Waals surface area contributed by atoms with Crippen molar-refractivity contribution in [3.8, 4) is 0 Å². The quantitative estimate of drug-likeness (QED) is 0.487. The Hall–Kier alpha value is -1.43. The molecule has 0 N–H and O–H groups in total. The molecule has 0 aliphatic rings. The van der Waals surface area contributed by atoms with E-state index in [0.717, 1.165) is 0 Å². The smallest absolute Gasteiger partial charge is 0.338 e. The van der Waals surface area contributed by atoms with Crippen LogP contribution in [0.25, 0.3) is 0 Å². The van der Waals surface area contributed by atoms with Gasteiger partial charge in [-0.3, -0.25) is 10.1 Å². The highest BCUT2D eigenvalue weighted by molar-refractivity contribution is 9.10. The maximum Gasteiger partial charge on any atom is 0.338 e. The van der Waals surface area contributed by atoms with E-state index >= 15 is 0 Å². The number of carbonyl (C=O) groups is 1. The fraction of sp³-hybridized carbons (Fsp3) is 0.300. The van der Waals surface area contributed by atoms with E-state index in [2.05, 4.69) is 15.9 Å². The molecular weight excluding hydrogens is 278 g/mol. The third-order valence-corrected chi connectivity index (χ3v) is 2.39. The molecule has 0 fully saturated rings. The second kappa shape index (κ2) is 5.07. The van der Waals surface area contributed by atoms with E-state index < -0.39 is 10.9 Å². The average Bonchev–Trinajstić information content (AvgIpc) is 2.16. The summed E-state index contributed by atoms with van der Waals surface area (Å²) in [5.74, 6) is -0.564. The Bertz CT molecular complexity index is 431. The van der Waals surface area contributed by atoms with Gasteiger partial charge in [0.2, 0.25) is 0 Å². The zero-order valence-electron chi connectivity index (χ0n) is 8.77. The molecule has 86 valence electrons. The summed E-state index contributed by atoms with van der Waals surface area (Å²) in [6.07, 6.45) is -0.254. The topological polar surface area (TPSA) is 69.4 Å². The van der Waals surface area contributed by atoms with Gasteiger partial charge in [0.25, 0.3) is 5.69 Å². The number of hydrogen-bond acceptors (Lipinski definition) is 4. The molecule has 0 bridgehead atoms. The summed E-state index contributed by atoms with van der Waals surface area (Å²) < 4.78 is 5.27. The number of nitro groups is 1. The molecule has 16 heavy (non-hydrogen) atoms. The summed E-state index contributed by atoms with van der Waals surface area (Å²) in [7, 11) is 0. The van der Waals surface area contributed by atoms with E-state index in [1.807, 2.05) is 0 Å². The Morgan fingerprint density at radius 3 is 2.62 bits per heavy atom. The van der Waals surface area contributed by atoms with Crippen molar-refractivity contribution in [2.24, 2.45) is 0 Å². The lowest BCUT2D eigenvalue weighted by Crippen LogP contribution is -2.11. The lowest BCUT2D eigenvalue weighted by molar-refractivity contribution is -0.385. The van der Waals surface area contributed by atoms with Gasteiger partial charge in [0.05, 0.1) is 21.1 Å². The van der Waals surface area contributed by atoms with Crippen LogP contribution in [0.15, 0.2) is 22.7 Å². The van der Waals surface area contributed by atoms with Crippen LogP contribution in [0.5, 0.6) is 0 Å². The third-order valence-electron chi connectivity index (χ3n) is 1.72. The van der Waals surface area contributed by atoms with Gasteiger partial charge in [-0.2, -0.15) is 0 Å². The molecule has 0 aliphatic heterocycles. The highest BCUT2D eigenvalue weighted by Crippen LogP contribution is 2.25. The van der Waals surface area contributed by atoms with Crippen LogP contribution < -0.4 is 0 Å². The van der Waals surface area contributed by atoms with E-state index in [4.69, 9.17) is 4.74 Å². The van der Waals surface area contributed by atoms with Gasteiger partial charge in [-0.25, -0.2) is 4.79 Å². The minimum Gasteiger partial charge on any atom is -0.459 e. The van der Waals surface area contributed by atoms with Gasteiger partial charge in [0.15, 0.2) is 0 Å². The van der Waals surface area contributed by atoms with Crippen LogP contribution in [0.1, 0.15) is 24.2 Å². The normalized spacial score (nSPS) is 10.2. The van der Waals surface area contributed by atoms with Gasteiger partial charge >= 0.3 is 5.97 Å². The number of rotatable bonds is 3. The van der Waals surface area contributed by atoms with Gasteiger partial charge in [0.1, 0.15) is 0 Å². The Balaban J connectivity index is 3.03. The summed E-state index contributed by atoms with van der Waals surface area (Å²) in [5, 5.41) is 10.6. The number of nitro benzene ring substituents is 1. The summed E-state index contributed by atoms with van der Waals surface area (Å²) in [6.45, 7) is 3.43. The Morgan fingerprint density at radius 2 is 2.12 bits per heavy atom. The number of nitrogens with zero attached hydrogens (tertiary/aromatic N) is 1. The minimum atomic E-state index is -0.564. The molecular formula is C10H10BrNO4. The second-order valence-corrected chi connectivity index (χ2v) is 4.23. The van der Waals surface area contributed by atoms with Crippen molar-refractivity contribution < 1.29 is 14.5 Å². The number of benzene rings is 1. The lowest BCUT2D eigenvalue weighted by Gasteiger charge is -2.07. The van der Waals surface area contributed by atoms with Crippen molar-refractivity contribution in [2.45, 2.75) is 20.0 Å². The van der Waals surface area contributed by atoms with Gasteiger partial charge in [-0.05, 0) is 41.9 Å². The molecule has 0 amide bonds. The van der Waals surface area contributed by atoms with E-state index in [9.17, 15) is 14.9 Å². The summed E-state index contributed by atoms with van der Waals surface area (Å²) in [4.78, 5) is 21.6. The molecule has 0 atom stereocenters. The number of halogens is 1. The SMILES string of the molecule is CC(C)OC(=O)c1ccc(Br)c([N+](=O)[O-])c1. The molecule has 0 spiro atoms. The molecule has 1 rings (SSSR count). The minimum absolute atomic E-state index is 0.154. The molecule has 0 unspecified atom stereocenters. The third kappa shape index (κ3) is 3.03. The van der Waals surface area contributed by atoms with E-state index in [1.54, 1.807) is 13.8 Å². The van der Waals surface area contributed by atoms with Crippen LogP contribution in [0.3, 0.4) is 0 Å². The highest BCUT2D eigenvalue weighted by Gasteiger charge is 2.17. The first kappa shape index (κ1) is 12.6. The first-order valence-electron chi connectivity index (χ1n) is 4.56. The van der Waals surface area contributed by atoms with Crippen LogP contribution in [0.4, 0.5) is 5.69 Å². The first-order chi connectivity index (χ1) is 7.41. The van der Waals surface area contributed by atoms with E-state index in [-0.39, 0.29) is 17.4 Å². The van der Waals surface area contributed by atoms with Gasteiger partial charge in [-0.1, -0.05) is 0 Å². The molecule has 5 nitrogen and oxygen atoms in total. The highest BCUT2D eigenvalue weighted by atomic mass is 79.9. The van der Waals surface area contributed by atoms with Crippen molar-refractivity contribution in [3.05, 3.63) is 38.3 Å². The van der Waals surface area contributed by atoms with Crippen molar-refractivity contribution in [1.29, 1.82) is 0 Å².